The van der Waals surface area contributed by atoms with Crippen LogP contribution in [0.2, 0.25) is 0 Å². The number of nitrogens with zero attached hydrogens (tertiary/aromatic N) is 2. The van der Waals surface area contributed by atoms with Crippen molar-refractivity contribution in [3.63, 3.8) is 0 Å². The van der Waals surface area contributed by atoms with Gasteiger partial charge in [0, 0.05) is 31.7 Å². The first-order valence-electron chi connectivity index (χ1n) is 6.85. The Labute approximate surface area is 125 Å². The van der Waals surface area contributed by atoms with E-state index >= 15 is 0 Å². The van der Waals surface area contributed by atoms with E-state index < -0.39 is 10.0 Å². The highest BCUT2D eigenvalue weighted by Gasteiger charge is 2.33. The number of nitrogens with one attached hydrogen (secondary N) is 1. The van der Waals surface area contributed by atoms with E-state index in [0.29, 0.717) is 18.8 Å². The molecular formula is C14H21N3O3S. The van der Waals surface area contributed by atoms with Crippen molar-refractivity contribution in [3.8, 4) is 0 Å². The average molecular weight is 311 g/mol. The molecule has 2 rings (SSSR count). The molecule has 6 nitrogen and oxygen atoms in total. The summed E-state index contributed by atoms with van der Waals surface area (Å²) in [6.07, 6.45) is 0.843. The van der Waals surface area contributed by atoms with E-state index in [2.05, 4.69) is 10.2 Å². The Morgan fingerprint density at radius 2 is 1.90 bits per heavy atom. The van der Waals surface area contributed by atoms with E-state index in [1.807, 2.05) is 14.1 Å². The van der Waals surface area contributed by atoms with Crippen LogP contribution in [0.4, 0.5) is 5.69 Å². The first-order chi connectivity index (χ1) is 9.80. The maximum absolute atomic E-state index is 12.6. The number of likely N-dealkylation sites (N-methyl/N-ethyl adjacent to an activating group) is 1. The lowest BCUT2D eigenvalue weighted by atomic mass is 10.2. The first kappa shape index (κ1) is 15.9. The fraction of sp³-hybridized carbons (Fsp3) is 0.500. The van der Waals surface area contributed by atoms with Crippen molar-refractivity contribution in [2.24, 2.45) is 0 Å². The lowest BCUT2D eigenvalue weighted by Gasteiger charge is -2.20. The molecule has 0 spiro atoms. The number of sulfonamides is 1. The standard InChI is InChI=1S/C14H21N3O3S/c1-11(18)15-12-4-6-14(7-5-12)21(19,20)17-9-8-13(10-17)16(2)3/h4-7,13H,8-10H2,1-3H3,(H,15,18)/t13-/m0/s1. The summed E-state index contributed by atoms with van der Waals surface area (Å²) >= 11 is 0. The molecule has 1 heterocycles. The molecule has 7 heteroatoms. The Morgan fingerprint density at radius 1 is 1.29 bits per heavy atom. The summed E-state index contributed by atoms with van der Waals surface area (Å²) < 4.78 is 26.6. The van der Waals surface area contributed by atoms with Crippen molar-refractivity contribution in [3.05, 3.63) is 24.3 Å². The molecule has 0 saturated carbocycles. The molecule has 1 atom stereocenters. The monoisotopic (exact) mass is 311 g/mol. The van der Waals surface area contributed by atoms with Gasteiger partial charge in [0.05, 0.1) is 4.90 Å². The number of hydrogen-bond acceptors (Lipinski definition) is 4. The number of benzene rings is 1. The zero-order chi connectivity index (χ0) is 15.6. The molecule has 1 fully saturated rings. The van der Waals surface area contributed by atoms with Gasteiger partial charge in [-0.25, -0.2) is 8.42 Å². The fourth-order valence-corrected chi connectivity index (χ4v) is 3.91. The molecule has 0 bridgehead atoms. The molecule has 116 valence electrons. The maximum Gasteiger partial charge on any atom is 0.243 e. The summed E-state index contributed by atoms with van der Waals surface area (Å²) in [6.45, 7) is 2.47. The molecular weight excluding hydrogens is 290 g/mol. The quantitative estimate of drug-likeness (QED) is 0.899. The molecule has 21 heavy (non-hydrogen) atoms. The first-order valence-corrected chi connectivity index (χ1v) is 8.29. The molecule has 0 unspecified atom stereocenters. The van der Waals surface area contributed by atoms with Crippen LogP contribution in [0.3, 0.4) is 0 Å². The number of anilines is 1. The SMILES string of the molecule is CC(=O)Nc1ccc(S(=O)(=O)N2CC[C@H](N(C)C)C2)cc1. The highest BCUT2D eigenvalue weighted by molar-refractivity contribution is 7.89. The minimum atomic E-state index is -3.46. The van der Waals surface area contributed by atoms with Crippen LogP contribution in [0.5, 0.6) is 0 Å². The van der Waals surface area contributed by atoms with E-state index in [-0.39, 0.29) is 16.8 Å². The molecule has 0 aromatic heterocycles. The molecule has 1 aliphatic heterocycles. The van der Waals surface area contributed by atoms with Gasteiger partial charge in [-0.05, 0) is 44.8 Å². The predicted octanol–water partition coefficient (Wildman–Crippen LogP) is 0.970. The summed E-state index contributed by atoms with van der Waals surface area (Å²) in [5.74, 6) is -0.182. The van der Waals surface area contributed by atoms with Crippen LogP contribution in [-0.4, -0.2) is 56.8 Å². The third kappa shape index (κ3) is 3.61. The third-order valence-corrected chi connectivity index (χ3v) is 5.55. The second kappa shape index (κ2) is 6.13. The summed E-state index contributed by atoms with van der Waals surface area (Å²) in [5, 5.41) is 2.62. The highest BCUT2D eigenvalue weighted by Crippen LogP contribution is 2.23. The Morgan fingerprint density at radius 3 is 2.38 bits per heavy atom. The summed E-state index contributed by atoms with van der Waals surface area (Å²) in [7, 11) is 0.466. The van der Waals surface area contributed by atoms with Crippen LogP contribution in [0.1, 0.15) is 13.3 Å². The van der Waals surface area contributed by atoms with Gasteiger partial charge in [-0.2, -0.15) is 4.31 Å². The van der Waals surface area contributed by atoms with Crippen LogP contribution >= 0.6 is 0 Å². The van der Waals surface area contributed by atoms with Gasteiger partial charge in [-0.3, -0.25) is 4.79 Å². The van der Waals surface area contributed by atoms with Gasteiger partial charge in [0.15, 0.2) is 0 Å². The lowest BCUT2D eigenvalue weighted by molar-refractivity contribution is -0.114. The topological polar surface area (TPSA) is 69.7 Å². The van der Waals surface area contributed by atoms with Crippen molar-refractivity contribution in [2.75, 3.05) is 32.5 Å². The van der Waals surface area contributed by atoms with Crippen LogP contribution < -0.4 is 5.32 Å². The van der Waals surface area contributed by atoms with Crippen molar-refractivity contribution >= 4 is 21.6 Å². The van der Waals surface area contributed by atoms with Gasteiger partial charge >= 0.3 is 0 Å². The summed E-state index contributed by atoms with van der Waals surface area (Å²) in [4.78, 5) is 13.3. The number of rotatable bonds is 4. The van der Waals surface area contributed by atoms with Crippen LogP contribution in [0, 0.1) is 0 Å². The molecule has 0 aliphatic carbocycles. The normalized spacial score (nSPS) is 19.9. The second-order valence-electron chi connectivity index (χ2n) is 5.47. The number of carbonyl (C=O) groups excluding carboxylic acids is 1. The Hall–Kier alpha value is -1.44. The van der Waals surface area contributed by atoms with Crippen LogP contribution in [0.15, 0.2) is 29.2 Å². The van der Waals surface area contributed by atoms with Crippen LogP contribution in [-0.2, 0) is 14.8 Å². The molecule has 1 aromatic carbocycles. The number of carbonyl (C=O) groups is 1. The number of amides is 1. The molecule has 1 amide bonds. The molecule has 0 radical (unpaired) electrons. The highest BCUT2D eigenvalue weighted by atomic mass is 32.2. The largest absolute Gasteiger partial charge is 0.326 e. The second-order valence-corrected chi connectivity index (χ2v) is 7.41. The van der Waals surface area contributed by atoms with Crippen LogP contribution in [0.25, 0.3) is 0 Å². The number of hydrogen-bond donors (Lipinski definition) is 1. The van der Waals surface area contributed by atoms with Gasteiger partial charge in [0.1, 0.15) is 0 Å². The van der Waals surface area contributed by atoms with E-state index in [9.17, 15) is 13.2 Å². The van der Waals surface area contributed by atoms with Gasteiger partial charge in [0.25, 0.3) is 0 Å². The Kier molecular flexibility index (Phi) is 4.65. The fourth-order valence-electron chi connectivity index (χ4n) is 2.41. The zero-order valence-electron chi connectivity index (χ0n) is 12.5. The van der Waals surface area contributed by atoms with Gasteiger partial charge in [-0.15, -0.1) is 0 Å². The van der Waals surface area contributed by atoms with Gasteiger partial charge < -0.3 is 10.2 Å². The van der Waals surface area contributed by atoms with E-state index in [0.717, 1.165) is 6.42 Å². The Balaban J connectivity index is 2.15. The van der Waals surface area contributed by atoms with Gasteiger partial charge in [-0.1, -0.05) is 0 Å². The third-order valence-electron chi connectivity index (χ3n) is 3.67. The maximum atomic E-state index is 12.6. The minimum absolute atomic E-state index is 0.182. The van der Waals surface area contributed by atoms with Gasteiger partial charge in [0.2, 0.25) is 15.9 Å². The van der Waals surface area contributed by atoms with Crippen molar-refractivity contribution in [1.29, 1.82) is 0 Å². The molecule has 1 aromatic rings. The van der Waals surface area contributed by atoms with Crippen molar-refractivity contribution < 1.29 is 13.2 Å². The van der Waals surface area contributed by atoms with E-state index in [1.54, 1.807) is 12.1 Å². The molecule has 1 N–H and O–H groups in total. The smallest absolute Gasteiger partial charge is 0.243 e. The summed E-state index contributed by atoms with van der Waals surface area (Å²) in [6, 6.07) is 6.54. The van der Waals surface area contributed by atoms with E-state index in [1.165, 1.54) is 23.4 Å². The minimum Gasteiger partial charge on any atom is -0.326 e. The van der Waals surface area contributed by atoms with Crippen molar-refractivity contribution in [1.82, 2.24) is 9.21 Å². The molecule has 1 aliphatic rings. The molecule has 1 saturated heterocycles. The van der Waals surface area contributed by atoms with E-state index in [4.69, 9.17) is 0 Å². The lowest BCUT2D eigenvalue weighted by Crippen LogP contribution is -2.34. The average Bonchev–Trinajstić information content (AvgIpc) is 2.89. The zero-order valence-corrected chi connectivity index (χ0v) is 13.4. The Bertz CT molecular complexity index is 611. The predicted molar refractivity (Wildman–Crippen MR) is 81.6 cm³/mol. The van der Waals surface area contributed by atoms with Crippen molar-refractivity contribution in [2.45, 2.75) is 24.3 Å². The summed E-state index contributed by atoms with van der Waals surface area (Å²) in [5.41, 5.74) is 0.592.